The molecule has 2 N–H and O–H groups in total. The Morgan fingerprint density at radius 1 is 1.45 bits per heavy atom. The Bertz CT molecular complexity index is 343. The molecule has 2 aliphatic rings. The molecule has 1 saturated heterocycles. The topological polar surface area (TPSA) is 52.6 Å². The monoisotopic (exact) mass is 282 g/mol. The van der Waals surface area contributed by atoms with Crippen molar-refractivity contribution in [3.05, 3.63) is 0 Å². The fourth-order valence-corrected chi connectivity index (χ4v) is 3.51. The Morgan fingerprint density at radius 3 is 2.70 bits per heavy atom. The third-order valence-electron chi connectivity index (χ3n) is 4.91. The first-order chi connectivity index (χ1) is 9.44. The van der Waals surface area contributed by atoms with E-state index in [4.69, 9.17) is 0 Å². The third kappa shape index (κ3) is 3.95. The maximum atomic E-state index is 11.6. The summed E-state index contributed by atoms with van der Waals surface area (Å²) in [7, 11) is 0. The molecule has 1 saturated carbocycles. The van der Waals surface area contributed by atoms with E-state index in [1.54, 1.807) is 0 Å². The van der Waals surface area contributed by atoms with Gasteiger partial charge < -0.3 is 10.0 Å². The second-order valence-electron chi connectivity index (χ2n) is 7.05. The lowest BCUT2D eigenvalue weighted by Gasteiger charge is -2.33. The van der Waals surface area contributed by atoms with Crippen LogP contribution in [0.25, 0.3) is 0 Å². The molecule has 116 valence electrons. The van der Waals surface area contributed by atoms with Gasteiger partial charge in [0.05, 0.1) is 0 Å². The van der Waals surface area contributed by atoms with E-state index in [1.165, 1.54) is 19.3 Å². The van der Waals surface area contributed by atoms with Crippen molar-refractivity contribution >= 4 is 5.97 Å². The van der Waals surface area contributed by atoms with Crippen LogP contribution in [0.2, 0.25) is 0 Å². The fourth-order valence-electron chi connectivity index (χ4n) is 3.51. The zero-order valence-corrected chi connectivity index (χ0v) is 13.2. The highest BCUT2D eigenvalue weighted by Gasteiger charge is 2.41. The molecule has 1 aliphatic carbocycles. The minimum absolute atomic E-state index is 0.337. The number of carbonyl (C=O) groups is 1. The van der Waals surface area contributed by atoms with Gasteiger partial charge in [-0.15, -0.1) is 0 Å². The maximum absolute atomic E-state index is 11.6. The van der Waals surface area contributed by atoms with Crippen LogP contribution in [0.15, 0.2) is 0 Å². The van der Waals surface area contributed by atoms with Gasteiger partial charge in [0.2, 0.25) is 0 Å². The maximum Gasteiger partial charge on any atom is 0.323 e. The predicted molar refractivity (Wildman–Crippen MR) is 80.9 cm³/mol. The van der Waals surface area contributed by atoms with E-state index in [2.05, 4.69) is 24.1 Å². The number of carboxylic acids is 1. The van der Waals surface area contributed by atoms with Gasteiger partial charge in [0.25, 0.3) is 0 Å². The molecule has 0 spiro atoms. The van der Waals surface area contributed by atoms with Crippen molar-refractivity contribution in [1.29, 1.82) is 0 Å². The van der Waals surface area contributed by atoms with Crippen molar-refractivity contribution in [3.8, 4) is 0 Å². The van der Waals surface area contributed by atoms with Crippen LogP contribution in [0, 0.1) is 5.92 Å². The molecule has 4 nitrogen and oxygen atoms in total. The number of likely N-dealkylation sites (tertiary alicyclic amines) is 1. The molecule has 3 atom stereocenters. The van der Waals surface area contributed by atoms with Crippen LogP contribution in [0.3, 0.4) is 0 Å². The van der Waals surface area contributed by atoms with Crippen LogP contribution in [-0.4, -0.2) is 46.7 Å². The van der Waals surface area contributed by atoms with Gasteiger partial charge in [0.1, 0.15) is 5.54 Å². The van der Waals surface area contributed by atoms with Gasteiger partial charge in [0, 0.05) is 18.6 Å². The van der Waals surface area contributed by atoms with E-state index in [1.807, 2.05) is 6.92 Å². The molecule has 20 heavy (non-hydrogen) atoms. The fraction of sp³-hybridized carbons (Fsp3) is 0.938. The highest BCUT2D eigenvalue weighted by atomic mass is 16.4. The first-order valence-electron chi connectivity index (χ1n) is 8.19. The van der Waals surface area contributed by atoms with E-state index < -0.39 is 11.5 Å². The normalized spacial score (nSPS) is 28.2. The van der Waals surface area contributed by atoms with E-state index >= 15 is 0 Å². The molecule has 1 heterocycles. The molecule has 4 heteroatoms. The molecule has 0 aromatic carbocycles. The molecule has 0 amide bonds. The number of hydrogen-bond acceptors (Lipinski definition) is 3. The molecular formula is C16H30N2O2. The summed E-state index contributed by atoms with van der Waals surface area (Å²) in [5, 5.41) is 12.9. The molecule has 1 aliphatic heterocycles. The number of hydrogen-bond donors (Lipinski definition) is 2. The summed E-state index contributed by atoms with van der Waals surface area (Å²) in [5.74, 6) is 0.107. The molecular weight excluding hydrogens is 252 g/mol. The Kier molecular flexibility index (Phi) is 5.08. The number of aliphatic carboxylic acids is 1. The van der Waals surface area contributed by atoms with E-state index in [0.717, 1.165) is 31.8 Å². The Balaban J connectivity index is 1.88. The molecule has 0 bridgehead atoms. The van der Waals surface area contributed by atoms with Crippen molar-refractivity contribution < 1.29 is 9.90 Å². The summed E-state index contributed by atoms with van der Waals surface area (Å²) >= 11 is 0. The number of nitrogens with zero attached hydrogens (tertiary/aromatic N) is 1. The van der Waals surface area contributed by atoms with Crippen molar-refractivity contribution in [3.63, 3.8) is 0 Å². The van der Waals surface area contributed by atoms with Crippen molar-refractivity contribution in [2.24, 2.45) is 5.92 Å². The quantitative estimate of drug-likeness (QED) is 0.718. The molecule has 0 aromatic heterocycles. The lowest BCUT2D eigenvalue weighted by atomic mass is 9.92. The Hall–Kier alpha value is -0.610. The van der Waals surface area contributed by atoms with E-state index in [0.29, 0.717) is 18.5 Å². The summed E-state index contributed by atoms with van der Waals surface area (Å²) in [4.78, 5) is 14.1. The largest absolute Gasteiger partial charge is 0.480 e. The van der Waals surface area contributed by atoms with Crippen LogP contribution in [0.1, 0.15) is 59.3 Å². The molecule has 0 aromatic rings. The summed E-state index contributed by atoms with van der Waals surface area (Å²) in [6.45, 7) is 8.56. The number of rotatable bonds is 8. The number of carboxylic acid groups (broad SMARTS) is 1. The minimum Gasteiger partial charge on any atom is -0.480 e. The third-order valence-corrected chi connectivity index (χ3v) is 4.91. The van der Waals surface area contributed by atoms with Gasteiger partial charge in [-0.1, -0.05) is 13.3 Å². The van der Waals surface area contributed by atoms with Crippen LogP contribution in [0.4, 0.5) is 0 Å². The van der Waals surface area contributed by atoms with Crippen LogP contribution >= 0.6 is 0 Å². The molecule has 2 fully saturated rings. The average molecular weight is 282 g/mol. The summed E-state index contributed by atoms with van der Waals surface area (Å²) in [6.07, 6.45) is 6.78. The smallest absolute Gasteiger partial charge is 0.323 e. The van der Waals surface area contributed by atoms with Crippen LogP contribution in [0.5, 0.6) is 0 Å². The van der Waals surface area contributed by atoms with Crippen molar-refractivity contribution in [2.75, 3.05) is 13.1 Å². The first-order valence-corrected chi connectivity index (χ1v) is 8.19. The summed E-state index contributed by atoms with van der Waals surface area (Å²) in [6, 6.07) is 0.763. The van der Waals surface area contributed by atoms with Crippen LogP contribution < -0.4 is 5.32 Å². The van der Waals surface area contributed by atoms with E-state index in [-0.39, 0.29) is 0 Å². The van der Waals surface area contributed by atoms with Crippen LogP contribution in [-0.2, 0) is 4.79 Å². The van der Waals surface area contributed by atoms with Gasteiger partial charge in [0.15, 0.2) is 0 Å². The second kappa shape index (κ2) is 6.44. The lowest BCUT2D eigenvalue weighted by molar-refractivity contribution is -0.145. The summed E-state index contributed by atoms with van der Waals surface area (Å²) < 4.78 is 0. The van der Waals surface area contributed by atoms with Gasteiger partial charge in [-0.05, 0) is 58.4 Å². The highest BCUT2D eigenvalue weighted by Crippen LogP contribution is 2.29. The Morgan fingerprint density at radius 2 is 2.15 bits per heavy atom. The molecule has 3 unspecified atom stereocenters. The predicted octanol–water partition coefficient (Wildman–Crippen LogP) is 2.48. The first kappa shape index (κ1) is 15.8. The minimum atomic E-state index is -0.774. The van der Waals surface area contributed by atoms with Gasteiger partial charge in [-0.3, -0.25) is 10.1 Å². The number of nitrogens with one attached hydrogen (secondary N) is 1. The molecule has 2 rings (SSSR count). The lowest BCUT2D eigenvalue weighted by Crippen LogP contribution is -2.54. The van der Waals surface area contributed by atoms with Gasteiger partial charge >= 0.3 is 5.97 Å². The average Bonchev–Trinajstić information content (AvgIpc) is 3.05. The SMILES string of the molecule is CCCC1CCN(C(C)CC(C)(NC2CC2)C(=O)O)C1. The highest BCUT2D eigenvalue weighted by molar-refractivity contribution is 5.78. The zero-order chi connectivity index (χ0) is 14.8. The zero-order valence-electron chi connectivity index (χ0n) is 13.2. The van der Waals surface area contributed by atoms with E-state index in [9.17, 15) is 9.90 Å². The van der Waals surface area contributed by atoms with Gasteiger partial charge in [-0.2, -0.15) is 0 Å². The van der Waals surface area contributed by atoms with Crippen molar-refractivity contribution in [1.82, 2.24) is 10.2 Å². The Labute approximate surface area is 122 Å². The standard InChI is InChI=1S/C16H30N2O2/c1-4-5-13-8-9-18(11-13)12(2)10-16(3,15(19)20)17-14-6-7-14/h12-14,17H,4-11H2,1-3H3,(H,19,20). The van der Waals surface area contributed by atoms with Crippen molar-refractivity contribution in [2.45, 2.75) is 76.9 Å². The molecule has 0 radical (unpaired) electrons. The summed E-state index contributed by atoms with van der Waals surface area (Å²) in [5.41, 5.74) is -0.774. The second-order valence-corrected chi connectivity index (χ2v) is 7.05. The van der Waals surface area contributed by atoms with Gasteiger partial charge in [-0.25, -0.2) is 0 Å².